The first kappa shape index (κ1) is 17.0. The van der Waals surface area contributed by atoms with Gasteiger partial charge in [-0.2, -0.15) is 4.98 Å². The lowest BCUT2D eigenvalue weighted by molar-refractivity contribution is -0.596. The fourth-order valence-corrected chi connectivity index (χ4v) is 3.20. The first-order valence-corrected chi connectivity index (χ1v) is 9.89. The molecule has 0 spiro atoms. The SMILES string of the molecule is Cc1c[n+](-c2nc(Nc3cccc(NS(C)(=O)=O)c3)nc3nc[nH]c23)c[nH]1. The highest BCUT2D eigenvalue weighted by Crippen LogP contribution is 2.21. The summed E-state index contributed by atoms with van der Waals surface area (Å²) in [4.78, 5) is 19.3. The number of rotatable bonds is 5. The van der Waals surface area contributed by atoms with E-state index in [1.807, 2.05) is 17.7 Å². The molecule has 0 atom stereocenters. The largest absolute Gasteiger partial charge is 0.338 e. The van der Waals surface area contributed by atoms with Crippen LogP contribution < -0.4 is 14.6 Å². The number of benzene rings is 1. The van der Waals surface area contributed by atoms with Crippen LogP contribution in [0.4, 0.5) is 17.3 Å². The van der Waals surface area contributed by atoms with E-state index in [1.54, 1.807) is 36.9 Å². The molecule has 0 saturated heterocycles. The Labute approximate surface area is 154 Å². The third kappa shape index (κ3) is 3.72. The molecule has 4 aromatic rings. The van der Waals surface area contributed by atoms with Gasteiger partial charge in [-0.3, -0.25) is 9.71 Å². The number of anilines is 3. The zero-order chi connectivity index (χ0) is 19.0. The zero-order valence-corrected chi connectivity index (χ0v) is 15.4. The fraction of sp³-hybridized carbons (Fsp3) is 0.125. The standard InChI is InChI=1S/C16H16N8O2S/c1-10-7-24(9-19-10)15-13-14(18-8-17-13)21-16(22-15)20-11-4-3-5-12(6-11)23-27(2,25)26/h3-9,23H,1-2H3,(H2,17,18,20,21,22)/p+1. The van der Waals surface area contributed by atoms with Gasteiger partial charge in [-0.15, -0.1) is 0 Å². The van der Waals surface area contributed by atoms with Crippen molar-refractivity contribution in [2.75, 3.05) is 16.3 Å². The Morgan fingerprint density at radius 1 is 1.15 bits per heavy atom. The summed E-state index contributed by atoms with van der Waals surface area (Å²) in [5, 5.41) is 3.09. The molecule has 0 radical (unpaired) electrons. The van der Waals surface area contributed by atoms with Crippen molar-refractivity contribution in [1.29, 1.82) is 0 Å². The topological polar surface area (TPSA) is 132 Å². The van der Waals surface area contributed by atoms with Crippen LogP contribution in [0, 0.1) is 6.92 Å². The fourth-order valence-electron chi connectivity index (χ4n) is 2.64. The third-order valence-corrected chi connectivity index (χ3v) is 4.30. The van der Waals surface area contributed by atoms with E-state index in [0.717, 1.165) is 11.9 Å². The molecule has 0 aliphatic rings. The van der Waals surface area contributed by atoms with Crippen LogP contribution in [0.3, 0.4) is 0 Å². The minimum absolute atomic E-state index is 0.340. The molecule has 1 aromatic carbocycles. The summed E-state index contributed by atoms with van der Waals surface area (Å²) >= 11 is 0. The maximum Gasteiger partial charge on any atom is 0.306 e. The summed E-state index contributed by atoms with van der Waals surface area (Å²) in [6, 6.07) is 6.84. The van der Waals surface area contributed by atoms with E-state index in [-0.39, 0.29) is 0 Å². The molecule has 3 aromatic heterocycles. The van der Waals surface area contributed by atoms with Gasteiger partial charge in [-0.1, -0.05) is 11.1 Å². The van der Waals surface area contributed by atoms with Crippen molar-refractivity contribution in [2.24, 2.45) is 0 Å². The van der Waals surface area contributed by atoms with Gasteiger partial charge in [-0.25, -0.2) is 18.0 Å². The second-order valence-electron chi connectivity index (χ2n) is 6.04. The van der Waals surface area contributed by atoms with Crippen LogP contribution in [-0.4, -0.2) is 39.6 Å². The lowest BCUT2D eigenvalue weighted by Crippen LogP contribution is -2.29. The highest BCUT2D eigenvalue weighted by molar-refractivity contribution is 7.92. The minimum Gasteiger partial charge on any atom is -0.338 e. The molecule has 0 saturated carbocycles. The second-order valence-corrected chi connectivity index (χ2v) is 7.79. The van der Waals surface area contributed by atoms with Gasteiger partial charge < -0.3 is 10.3 Å². The molecule has 0 unspecified atom stereocenters. The van der Waals surface area contributed by atoms with E-state index in [2.05, 4.69) is 35.0 Å². The van der Waals surface area contributed by atoms with Crippen molar-refractivity contribution >= 4 is 38.5 Å². The number of aromatic nitrogens is 6. The molecule has 0 fully saturated rings. The maximum atomic E-state index is 11.4. The van der Waals surface area contributed by atoms with Crippen molar-refractivity contribution in [3.8, 4) is 5.82 Å². The number of hydrogen-bond acceptors (Lipinski definition) is 6. The molecule has 4 N–H and O–H groups in total. The summed E-state index contributed by atoms with van der Waals surface area (Å²) in [5.74, 6) is 0.974. The summed E-state index contributed by atoms with van der Waals surface area (Å²) in [5.41, 5.74) is 3.28. The first-order valence-electron chi connectivity index (χ1n) is 8.00. The highest BCUT2D eigenvalue weighted by atomic mass is 32.2. The lowest BCUT2D eigenvalue weighted by Gasteiger charge is -2.07. The number of aromatic amines is 2. The smallest absolute Gasteiger partial charge is 0.306 e. The number of nitrogens with zero attached hydrogens (tertiary/aromatic N) is 4. The highest BCUT2D eigenvalue weighted by Gasteiger charge is 2.18. The van der Waals surface area contributed by atoms with E-state index in [9.17, 15) is 8.42 Å². The molecule has 0 aliphatic carbocycles. The number of imidazole rings is 2. The Balaban J connectivity index is 1.72. The number of sulfonamides is 1. The molecule has 4 rings (SSSR count). The van der Waals surface area contributed by atoms with E-state index >= 15 is 0 Å². The van der Waals surface area contributed by atoms with Gasteiger partial charge in [-0.05, 0) is 25.1 Å². The van der Waals surface area contributed by atoms with Gasteiger partial charge in [0.05, 0.1) is 18.3 Å². The Morgan fingerprint density at radius 2 is 1.96 bits per heavy atom. The first-order chi connectivity index (χ1) is 12.9. The summed E-state index contributed by atoms with van der Waals surface area (Å²) in [6.07, 6.45) is 6.36. The Hall–Kier alpha value is -3.47. The van der Waals surface area contributed by atoms with E-state index < -0.39 is 10.0 Å². The maximum absolute atomic E-state index is 11.4. The number of H-pyrrole nitrogens is 2. The van der Waals surface area contributed by atoms with Crippen molar-refractivity contribution in [1.82, 2.24) is 24.9 Å². The van der Waals surface area contributed by atoms with E-state index in [0.29, 0.717) is 34.3 Å². The van der Waals surface area contributed by atoms with Gasteiger partial charge in [0.15, 0.2) is 17.5 Å². The molecule has 0 bridgehead atoms. The van der Waals surface area contributed by atoms with Gasteiger partial charge in [0.25, 0.3) is 5.82 Å². The molecule has 3 heterocycles. The Morgan fingerprint density at radius 3 is 2.70 bits per heavy atom. The minimum atomic E-state index is -3.36. The van der Waals surface area contributed by atoms with Crippen LogP contribution in [0.5, 0.6) is 0 Å². The molecule has 10 nitrogen and oxygen atoms in total. The Bertz CT molecular complexity index is 1230. The average Bonchev–Trinajstić information content (AvgIpc) is 3.21. The quantitative estimate of drug-likeness (QED) is 0.384. The van der Waals surface area contributed by atoms with Crippen molar-refractivity contribution < 1.29 is 13.0 Å². The summed E-state index contributed by atoms with van der Waals surface area (Å²) in [7, 11) is -3.36. The number of aryl methyl sites for hydroxylation is 1. The molecule has 27 heavy (non-hydrogen) atoms. The van der Waals surface area contributed by atoms with E-state index in [1.165, 1.54) is 0 Å². The van der Waals surface area contributed by atoms with Crippen LogP contribution in [0.2, 0.25) is 0 Å². The molecular formula is C16H17N8O2S+. The Kier molecular flexibility index (Phi) is 4.00. The predicted octanol–water partition coefficient (Wildman–Crippen LogP) is 1.38. The van der Waals surface area contributed by atoms with Crippen molar-refractivity contribution in [3.63, 3.8) is 0 Å². The zero-order valence-electron chi connectivity index (χ0n) is 14.6. The second kappa shape index (κ2) is 6.36. The molecule has 138 valence electrons. The number of nitrogens with one attached hydrogen (secondary N) is 4. The van der Waals surface area contributed by atoms with Gasteiger partial charge in [0, 0.05) is 5.69 Å². The summed E-state index contributed by atoms with van der Waals surface area (Å²) in [6.45, 7) is 1.95. The summed E-state index contributed by atoms with van der Waals surface area (Å²) < 4.78 is 27.1. The van der Waals surface area contributed by atoms with Gasteiger partial charge in [0.2, 0.25) is 10.0 Å². The van der Waals surface area contributed by atoms with Crippen LogP contribution in [0.25, 0.3) is 17.0 Å². The van der Waals surface area contributed by atoms with Crippen LogP contribution >= 0.6 is 0 Å². The normalized spacial score (nSPS) is 11.6. The molecule has 11 heteroatoms. The van der Waals surface area contributed by atoms with Crippen molar-refractivity contribution in [3.05, 3.63) is 48.8 Å². The number of fused-ring (bicyclic) bond motifs is 1. The van der Waals surface area contributed by atoms with Gasteiger partial charge in [0.1, 0.15) is 11.9 Å². The predicted molar refractivity (Wildman–Crippen MR) is 100 cm³/mol. The van der Waals surface area contributed by atoms with Gasteiger partial charge >= 0.3 is 5.95 Å². The monoisotopic (exact) mass is 385 g/mol. The molecule has 0 aliphatic heterocycles. The van der Waals surface area contributed by atoms with Crippen LogP contribution in [-0.2, 0) is 10.0 Å². The third-order valence-electron chi connectivity index (χ3n) is 3.70. The van der Waals surface area contributed by atoms with Crippen LogP contribution in [0.15, 0.2) is 43.1 Å². The average molecular weight is 385 g/mol. The van der Waals surface area contributed by atoms with Crippen LogP contribution in [0.1, 0.15) is 5.69 Å². The lowest BCUT2D eigenvalue weighted by atomic mass is 10.3. The van der Waals surface area contributed by atoms with E-state index in [4.69, 9.17) is 0 Å². The molecule has 0 amide bonds. The van der Waals surface area contributed by atoms with Crippen molar-refractivity contribution in [2.45, 2.75) is 6.92 Å². The number of hydrogen-bond donors (Lipinski definition) is 4. The molecular weight excluding hydrogens is 368 g/mol.